The van der Waals surface area contributed by atoms with Gasteiger partial charge in [0.15, 0.2) is 0 Å². The topological polar surface area (TPSA) is 93.7 Å². The Morgan fingerprint density at radius 1 is 1.08 bits per heavy atom. The first-order valence-corrected chi connectivity index (χ1v) is 9.11. The smallest absolute Gasteiger partial charge is 0.240 e. The molecule has 9 heteroatoms. The first-order valence-electron chi connectivity index (χ1n) is 7.63. The summed E-state index contributed by atoms with van der Waals surface area (Å²) in [5.74, 6) is 0.0538. The van der Waals surface area contributed by atoms with Crippen molar-refractivity contribution in [3.8, 4) is 11.5 Å². The van der Waals surface area contributed by atoms with Crippen molar-refractivity contribution in [2.75, 3.05) is 26.1 Å². The zero-order valence-electron chi connectivity index (χ0n) is 14.3. The van der Waals surface area contributed by atoms with Crippen LogP contribution < -0.4 is 19.5 Å². The lowest BCUT2D eigenvalue weighted by molar-refractivity contribution is -0.116. The summed E-state index contributed by atoms with van der Waals surface area (Å²) < 4.78 is 49.5. The number of anilines is 1. The van der Waals surface area contributed by atoms with E-state index in [0.717, 1.165) is 24.3 Å². The van der Waals surface area contributed by atoms with Crippen molar-refractivity contribution in [2.45, 2.75) is 11.3 Å². The number of hydrogen-bond donors (Lipinski definition) is 2. The molecular formula is C17H19FN2O5S. The number of carbonyl (C=O) groups is 1. The highest BCUT2D eigenvalue weighted by atomic mass is 32.2. The highest BCUT2D eigenvalue weighted by Gasteiger charge is 2.15. The van der Waals surface area contributed by atoms with Gasteiger partial charge in [-0.1, -0.05) is 0 Å². The van der Waals surface area contributed by atoms with Gasteiger partial charge in [0.1, 0.15) is 17.3 Å². The maximum atomic E-state index is 12.9. The molecule has 0 aromatic heterocycles. The Hall–Kier alpha value is -2.65. The average molecular weight is 382 g/mol. The zero-order valence-corrected chi connectivity index (χ0v) is 15.1. The van der Waals surface area contributed by atoms with Crippen molar-refractivity contribution in [3.63, 3.8) is 0 Å². The van der Waals surface area contributed by atoms with Gasteiger partial charge in [-0.2, -0.15) is 0 Å². The molecule has 1 amide bonds. The van der Waals surface area contributed by atoms with Gasteiger partial charge in [0, 0.05) is 19.0 Å². The van der Waals surface area contributed by atoms with Crippen LogP contribution in [0.3, 0.4) is 0 Å². The van der Waals surface area contributed by atoms with Crippen molar-refractivity contribution in [1.29, 1.82) is 0 Å². The van der Waals surface area contributed by atoms with E-state index in [1.165, 1.54) is 14.2 Å². The van der Waals surface area contributed by atoms with E-state index < -0.39 is 21.7 Å². The predicted molar refractivity (Wildman–Crippen MR) is 94.4 cm³/mol. The third-order valence-corrected chi connectivity index (χ3v) is 4.93. The molecule has 2 N–H and O–H groups in total. The molecule has 140 valence electrons. The van der Waals surface area contributed by atoms with Crippen molar-refractivity contribution >= 4 is 21.6 Å². The molecule has 2 rings (SSSR count). The standard InChI is InChI=1S/C17H19FN2O5S/c1-24-13-5-8-16(25-2)15(11-13)20-17(21)9-10-19-26(22,23)14-6-3-12(18)4-7-14/h3-8,11,19H,9-10H2,1-2H3,(H,20,21). The van der Waals surface area contributed by atoms with E-state index in [2.05, 4.69) is 10.0 Å². The van der Waals surface area contributed by atoms with Gasteiger partial charge in [0.25, 0.3) is 0 Å². The van der Waals surface area contributed by atoms with Gasteiger partial charge < -0.3 is 14.8 Å². The molecule has 0 aliphatic carbocycles. The van der Waals surface area contributed by atoms with Crippen LogP contribution in [0.5, 0.6) is 11.5 Å². The highest BCUT2D eigenvalue weighted by Crippen LogP contribution is 2.28. The summed E-state index contributed by atoms with van der Waals surface area (Å²) in [4.78, 5) is 12.0. The van der Waals surface area contributed by atoms with E-state index >= 15 is 0 Å². The number of hydrogen-bond acceptors (Lipinski definition) is 5. The van der Waals surface area contributed by atoms with Crippen molar-refractivity contribution in [2.24, 2.45) is 0 Å². The molecule has 0 unspecified atom stereocenters. The monoisotopic (exact) mass is 382 g/mol. The summed E-state index contributed by atoms with van der Waals surface area (Å²) >= 11 is 0. The molecule has 0 aliphatic rings. The van der Waals surface area contributed by atoms with Crippen molar-refractivity contribution in [3.05, 3.63) is 48.3 Å². The Labute approximate surface area is 151 Å². The SMILES string of the molecule is COc1ccc(OC)c(NC(=O)CCNS(=O)(=O)c2ccc(F)cc2)c1. The number of nitrogens with one attached hydrogen (secondary N) is 2. The van der Waals surface area contributed by atoms with Gasteiger partial charge in [-0.3, -0.25) is 4.79 Å². The van der Waals surface area contributed by atoms with E-state index in [4.69, 9.17) is 9.47 Å². The lowest BCUT2D eigenvalue weighted by atomic mass is 10.2. The van der Waals surface area contributed by atoms with E-state index in [0.29, 0.717) is 17.2 Å². The molecule has 0 saturated heterocycles. The molecule has 0 radical (unpaired) electrons. The van der Waals surface area contributed by atoms with Gasteiger partial charge in [-0.15, -0.1) is 0 Å². The molecule has 2 aromatic rings. The second-order valence-corrected chi connectivity index (χ2v) is 6.98. The molecule has 0 fully saturated rings. The Morgan fingerprint density at radius 3 is 2.38 bits per heavy atom. The number of carbonyl (C=O) groups excluding carboxylic acids is 1. The number of amides is 1. The van der Waals surface area contributed by atoms with E-state index in [-0.39, 0.29) is 17.9 Å². The van der Waals surface area contributed by atoms with Crippen LogP contribution in [-0.2, 0) is 14.8 Å². The van der Waals surface area contributed by atoms with Crippen LogP contribution >= 0.6 is 0 Å². The minimum absolute atomic E-state index is 0.0752. The molecule has 0 heterocycles. The molecule has 0 saturated carbocycles. The fraction of sp³-hybridized carbons (Fsp3) is 0.235. The number of halogens is 1. The quantitative estimate of drug-likeness (QED) is 0.730. The van der Waals surface area contributed by atoms with Crippen LogP contribution in [0.2, 0.25) is 0 Å². The molecule has 26 heavy (non-hydrogen) atoms. The maximum absolute atomic E-state index is 12.9. The van der Waals surface area contributed by atoms with Crippen molar-refractivity contribution in [1.82, 2.24) is 4.72 Å². The Balaban J connectivity index is 1.94. The van der Waals surface area contributed by atoms with Crippen LogP contribution in [0.25, 0.3) is 0 Å². The van der Waals surface area contributed by atoms with Gasteiger partial charge in [-0.25, -0.2) is 17.5 Å². The average Bonchev–Trinajstić information content (AvgIpc) is 2.61. The van der Waals surface area contributed by atoms with Gasteiger partial charge >= 0.3 is 0 Å². The normalized spacial score (nSPS) is 11.0. The predicted octanol–water partition coefficient (Wildman–Crippen LogP) is 2.15. The van der Waals surface area contributed by atoms with Crippen LogP contribution in [0, 0.1) is 5.82 Å². The van der Waals surface area contributed by atoms with Crippen LogP contribution in [0.4, 0.5) is 10.1 Å². The summed E-state index contributed by atoms with van der Waals surface area (Å²) in [7, 11) is -0.846. The largest absolute Gasteiger partial charge is 0.497 e. The fourth-order valence-corrected chi connectivity index (χ4v) is 3.15. The minimum atomic E-state index is -3.81. The maximum Gasteiger partial charge on any atom is 0.240 e. The molecule has 0 spiro atoms. The number of benzene rings is 2. The first kappa shape index (κ1) is 19.7. The fourth-order valence-electron chi connectivity index (χ4n) is 2.12. The number of rotatable bonds is 8. The van der Waals surface area contributed by atoms with Crippen LogP contribution in [0.15, 0.2) is 47.4 Å². The van der Waals surface area contributed by atoms with Gasteiger partial charge in [0.05, 0.1) is 24.8 Å². The van der Waals surface area contributed by atoms with Crippen LogP contribution in [-0.4, -0.2) is 35.1 Å². The summed E-state index contributed by atoms with van der Waals surface area (Å²) in [5, 5.41) is 2.64. The Morgan fingerprint density at radius 2 is 1.77 bits per heavy atom. The molecule has 7 nitrogen and oxygen atoms in total. The molecule has 0 aliphatic heterocycles. The number of methoxy groups -OCH3 is 2. The third-order valence-electron chi connectivity index (χ3n) is 3.45. The lowest BCUT2D eigenvalue weighted by Gasteiger charge is -2.12. The van der Waals surface area contributed by atoms with Gasteiger partial charge in [0.2, 0.25) is 15.9 Å². The lowest BCUT2D eigenvalue weighted by Crippen LogP contribution is -2.27. The Bertz CT molecular complexity index is 869. The van der Waals surface area contributed by atoms with Gasteiger partial charge in [-0.05, 0) is 36.4 Å². The summed E-state index contributed by atoms with van der Waals surface area (Å²) in [6.07, 6.45) is -0.0964. The van der Waals surface area contributed by atoms with Crippen LogP contribution in [0.1, 0.15) is 6.42 Å². The van der Waals surface area contributed by atoms with E-state index in [9.17, 15) is 17.6 Å². The molecule has 2 aromatic carbocycles. The van der Waals surface area contributed by atoms with E-state index in [1.54, 1.807) is 18.2 Å². The molecular weight excluding hydrogens is 363 g/mol. The van der Waals surface area contributed by atoms with Crippen molar-refractivity contribution < 1.29 is 27.1 Å². The Kier molecular flexibility index (Phi) is 6.53. The first-order chi connectivity index (χ1) is 12.4. The number of sulfonamides is 1. The summed E-state index contributed by atoms with van der Waals surface area (Å²) in [6, 6.07) is 9.33. The second kappa shape index (κ2) is 8.63. The highest BCUT2D eigenvalue weighted by molar-refractivity contribution is 7.89. The molecule has 0 atom stereocenters. The second-order valence-electron chi connectivity index (χ2n) is 5.22. The third kappa shape index (κ3) is 5.17. The number of ether oxygens (including phenoxy) is 2. The molecule has 0 bridgehead atoms. The zero-order chi connectivity index (χ0) is 19.2. The summed E-state index contributed by atoms with van der Waals surface area (Å²) in [5.41, 5.74) is 0.415. The van der Waals surface area contributed by atoms with E-state index in [1.807, 2.05) is 0 Å². The minimum Gasteiger partial charge on any atom is -0.497 e. The summed E-state index contributed by atoms with van der Waals surface area (Å²) in [6.45, 7) is -0.113.